The minimum atomic E-state index is -1.08. The maximum Gasteiger partial charge on any atom is 0.326 e. The summed E-state index contributed by atoms with van der Waals surface area (Å²) >= 11 is 0. The monoisotopic (exact) mass is 375 g/mol. The average molecular weight is 375 g/mol. The Labute approximate surface area is 163 Å². The molecule has 1 unspecified atom stereocenters. The number of rotatable bonds is 8. The minimum absolute atomic E-state index is 0.187. The largest absolute Gasteiger partial charge is 0.489 e. The van der Waals surface area contributed by atoms with Crippen LogP contribution in [0.5, 0.6) is 5.75 Å². The van der Waals surface area contributed by atoms with Crippen LogP contribution in [-0.4, -0.2) is 23.0 Å². The van der Waals surface area contributed by atoms with Crippen molar-refractivity contribution in [1.82, 2.24) is 5.32 Å². The van der Waals surface area contributed by atoms with Gasteiger partial charge in [0.15, 0.2) is 0 Å². The second-order valence-electron chi connectivity index (χ2n) is 6.35. The van der Waals surface area contributed by atoms with E-state index in [-0.39, 0.29) is 6.42 Å². The molecule has 0 radical (unpaired) electrons. The first-order valence-electron chi connectivity index (χ1n) is 8.96. The Kier molecular flexibility index (Phi) is 6.41. The first-order valence-corrected chi connectivity index (χ1v) is 8.96. The lowest BCUT2D eigenvalue weighted by Gasteiger charge is -2.15. The van der Waals surface area contributed by atoms with Gasteiger partial charge in [-0.15, -0.1) is 0 Å². The van der Waals surface area contributed by atoms with Gasteiger partial charge in [0.2, 0.25) is 0 Å². The fraction of sp³-hybridized carbons (Fsp3) is 0.130. The van der Waals surface area contributed by atoms with Crippen LogP contribution in [0.25, 0.3) is 0 Å². The maximum atomic E-state index is 12.2. The highest BCUT2D eigenvalue weighted by Crippen LogP contribution is 2.15. The van der Waals surface area contributed by atoms with E-state index in [9.17, 15) is 14.7 Å². The number of hydrogen-bond donors (Lipinski definition) is 2. The van der Waals surface area contributed by atoms with Crippen molar-refractivity contribution in [1.29, 1.82) is 0 Å². The predicted octanol–water partition coefficient (Wildman–Crippen LogP) is 3.69. The maximum absolute atomic E-state index is 12.2. The van der Waals surface area contributed by atoms with Crippen molar-refractivity contribution in [3.63, 3.8) is 0 Å². The number of nitrogens with one attached hydrogen (secondary N) is 1. The number of amides is 1. The predicted molar refractivity (Wildman–Crippen MR) is 106 cm³/mol. The molecular weight excluding hydrogens is 354 g/mol. The van der Waals surface area contributed by atoms with Crippen LogP contribution in [0.2, 0.25) is 0 Å². The van der Waals surface area contributed by atoms with Crippen molar-refractivity contribution in [3.05, 3.63) is 102 Å². The molecule has 5 nitrogen and oxygen atoms in total. The highest BCUT2D eigenvalue weighted by atomic mass is 16.5. The van der Waals surface area contributed by atoms with Gasteiger partial charge in [0.25, 0.3) is 5.91 Å². The smallest absolute Gasteiger partial charge is 0.326 e. The molecule has 1 amide bonds. The fourth-order valence-corrected chi connectivity index (χ4v) is 2.73. The molecule has 1 atom stereocenters. The molecular formula is C23H21NO4. The number of aliphatic carboxylic acids is 1. The summed E-state index contributed by atoms with van der Waals surface area (Å²) in [4.78, 5) is 23.8. The van der Waals surface area contributed by atoms with Gasteiger partial charge in [0.1, 0.15) is 18.4 Å². The van der Waals surface area contributed by atoms with Crippen molar-refractivity contribution in [2.45, 2.75) is 19.1 Å². The Morgan fingerprint density at radius 1 is 0.821 bits per heavy atom. The molecule has 0 aliphatic carbocycles. The molecule has 0 aromatic heterocycles. The van der Waals surface area contributed by atoms with E-state index in [1.165, 1.54) is 0 Å². The van der Waals surface area contributed by atoms with Gasteiger partial charge in [-0.3, -0.25) is 4.79 Å². The number of benzene rings is 3. The fourth-order valence-electron chi connectivity index (χ4n) is 2.73. The summed E-state index contributed by atoms with van der Waals surface area (Å²) in [6, 6.07) is 24.6. The summed E-state index contributed by atoms with van der Waals surface area (Å²) in [7, 11) is 0. The van der Waals surface area contributed by atoms with E-state index >= 15 is 0 Å². The Balaban J connectivity index is 1.59. The van der Waals surface area contributed by atoms with Gasteiger partial charge < -0.3 is 15.2 Å². The summed E-state index contributed by atoms with van der Waals surface area (Å²) in [6.07, 6.45) is 0.187. The molecule has 0 aliphatic rings. The highest BCUT2D eigenvalue weighted by molar-refractivity contribution is 5.96. The average Bonchev–Trinajstić information content (AvgIpc) is 2.74. The van der Waals surface area contributed by atoms with Crippen LogP contribution in [0.15, 0.2) is 84.9 Å². The zero-order chi connectivity index (χ0) is 19.8. The summed E-state index contributed by atoms with van der Waals surface area (Å²) in [5.74, 6) is -0.780. The van der Waals surface area contributed by atoms with Crippen LogP contribution in [-0.2, 0) is 17.8 Å². The van der Waals surface area contributed by atoms with Crippen molar-refractivity contribution < 1.29 is 19.4 Å². The van der Waals surface area contributed by atoms with Crippen molar-refractivity contribution >= 4 is 11.9 Å². The summed E-state index contributed by atoms with van der Waals surface area (Å²) in [5, 5.41) is 12.0. The molecule has 0 fully saturated rings. The molecule has 0 bridgehead atoms. The molecule has 5 heteroatoms. The van der Waals surface area contributed by atoms with Gasteiger partial charge in [-0.2, -0.15) is 0 Å². The number of carboxylic acid groups (broad SMARTS) is 1. The summed E-state index contributed by atoms with van der Waals surface area (Å²) in [6.45, 7) is 0.463. The number of carbonyl (C=O) groups excluding carboxylic acids is 1. The van der Waals surface area contributed by atoms with Gasteiger partial charge >= 0.3 is 5.97 Å². The Hall–Kier alpha value is -3.60. The lowest BCUT2D eigenvalue weighted by molar-refractivity contribution is -0.139. The summed E-state index contributed by atoms with van der Waals surface area (Å²) < 4.78 is 5.74. The minimum Gasteiger partial charge on any atom is -0.489 e. The second kappa shape index (κ2) is 9.37. The molecule has 2 N–H and O–H groups in total. The molecule has 0 spiro atoms. The van der Waals surface area contributed by atoms with E-state index in [1.807, 2.05) is 42.5 Å². The Bertz CT molecular complexity index is 908. The first kappa shape index (κ1) is 19.2. The third-order valence-electron chi connectivity index (χ3n) is 4.25. The number of carboxylic acids is 1. The highest BCUT2D eigenvalue weighted by Gasteiger charge is 2.21. The zero-order valence-corrected chi connectivity index (χ0v) is 15.2. The second-order valence-corrected chi connectivity index (χ2v) is 6.35. The van der Waals surface area contributed by atoms with Gasteiger partial charge in [0.05, 0.1) is 0 Å². The molecule has 0 saturated carbocycles. The van der Waals surface area contributed by atoms with E-state index in [4.69, 9.17) is 4.74 Å². The molecule has 3 aromatic rings. The van der Waals surface area contributed by atoms with Crippen LogP contribution in [0, 0.1) is 0 Å². The SMILES string of the molecule is O=C(NC(Cc1ccc(OCc2ccccc2)cc1)C(=O)O)c1ccccc1. The number of carbonyl (C=O) groups is 2. The van der Waals surface area contributed by atoms with Crippen LogP contribution in [0.3, 0.4) is 0 Å². The lowest BCUT2D eigenvalue weighted by atomic mass is 10.1. The van der Waals surface area contributed by atoms with Gasteiger partial charge in [-0.1, -0.05) is 60.7 Å². The molecule has 142 valence electrons. The first-order chi connectivity index (χ1) is 13.6. The van der Waals surface area contributed by atoms with Crippen molar-refractivity contribution in [2.24, 2.45) is 0 Å². The topological polar surface area (TPSA) is 75.6 Å². The van der Waals surface area contributed by atoms with Gasteiger partial charge in [-0.05, 0) is 35.4 Å². The molecule has 28 heavy (non-hydrogen) atoms. The molecule has 0 saturated heterocycles. The number of hydrogen-bond acceptors (Lipinski definition) is 3. The molecule has 0 heterocycles. The zero-order valence-electron chi connectivity index (χ0n) is 15.2. The van der Waals surface area contributed by atoms with E-state index < -0.39 is 17.9 Å². The molecule has 0 aliphatic heterocycles. The van der Waals surface area contributed by atoms with Crippen LogP contribution in [0.4, 0.5) is 0 Å². The Morgan fingerprint density at radius 3 is 2.04 bits per heavy atom. The van der Waals surface area contributed by atoms with E-state index in [0.717, 1.165) is 11.1 Å². The third kappa shape index (κ3) is 5.45. The third-order valence-corrected chi connectivity index (χ3v) is 4.25. The van der Waals surface area contributed by atoms with Crippen LogP contribution >= 0.6 is 0 Å². The normalized spacial score (nSPS) is 11.4. The Morgan fingerprint density at radius 2 is 1.43 bits per heavy atom. The van der Waals surface area contributed by atoms with Crippen LogP contribution in [0.1, 0.15) is 21.5 Å². The van der Waals surface area contributed by atoms with Gasteiger partial charge in [0, 0.05) is 12.0 Å². The van der Waals surface area contributed by atoms with E-state index in [0.29, 0.717) is 17.9 Å². The lowest BCUT2D eigenvalue weighted by Crippen LogP contribution is -2.42. The summed E-state index contributed by atoms with van der Waals surface area (Å²) in [5.41, 5.74) is 2.30. The van der Waals surface area contributed by atoms with Gasteiger partial charge in [-0.25, -0.2) is 4.79 Å². The number of ether oxygens (including phenoxy) is 1. The van der Waals surface area contributed by atoms with Crippen molar-refractivity contribution in [2.75, 3.05) is 0 Å². The van der Waals surface area contributed by atoms with E-state index in [1.54, 1.807) is 42.5 Å². The van der Waals surface area contributed by atoms with E-state index in [2.05, 4.69) is 5.32 Å². The molecule has 3 aromatic carbocycles. The van der Waals surface area contributed by atoms with Crippen molar-refractivity contribution in [3.8, 4) is 5.75 Å². The van der Waals surface area contributed by atoms with Crippen LogP contribution < -0.4 is 10.1 Å². The standard InChI is InChI=1S/C23H21NO4/c25-22(19-9-5-2-6-10-19)24-21(23(26)27)15-17-11-13-20(14-12-17)28-16-18-7-3-1-4-8-18/h1-14,21H,15-16H2,(H,24,25)(H,26,27). The quantitative estimate of drug-likeness (QED) is 0.630. The molecule has 3 rings (SSSR count).